The highest BCUT2D eigenvalue weighted by Gasteiger charge is 2.34. The topological polar surface area (TPSA) is 157 Å². The molecule has 0 bridgehead atoms. The number of benzene rings is 4. The predicted molar refractivity (Wildman–Crippen MR) is 270 cm³/mol. The summed E-state index contributed by atoms with van der Waals surface area (Å²) in [6.45, 7) is 15.2. The van der Waals surface area contributed by atoms with E-state index in [2.05, 4.69) is 21.3 Å². The largest absolute Gasteiger partial charge is 0.465 e. The molecule has 0 amide bonds. The lowest BCUT2D eigenvalue weighted by Crippen LogP contribution is -2.27. The fraction of sp³-hybridized carbons (Fsp3) is 0.370. The molecule has 3 unspecified atom stereocenters. The van der Waals surface area contributed by atoms with Crippen molar-refractivity contribution in [2.75, 3.05) is 14.2 Å². The summed E-state index contributed by atoms with van der Waals surface area (Å²) in [5.41, 5.74) is 7.60. The van der Waals surface area contributed by atoms with Gasteiger partial charge in [-0.25, -0.2) is 29.5 Å². The monoisotopic (exact) mass is 994 g/mol. The average Bonchev–Trinajstić information content (AvgIpc) is 3.97. The molecule has 15 heteroatoms. The number of ether oxygens (including phenoxy) is 4. The molecule has 12 nitrogen and oxygen atoms in total. The molecule has 4 aromatic carbocycles. The van der Waals surface area contributed by atoms with Crippen molar-refractivity contribution in [3.8, 4) is 22.5 Å². The number of rotatable bonds is 8. The number of hydrogen-bond acceptors (Lipinski definition) is 12. The Hall–Kier alpha value is -5.95. The third kappa shape index (κ3) is 14.5. The van der Waals surface area contributed by atoms with Gasteiger partial charge in [0.2, 0.25) is 0 Å². The normalized spacial score (nSPS) is 16.7. The van der Waals surface area contributed by atoms with Crippen molar-refractivity contribution in [1.82, 2.24) is 19.9 Å². The second-order valence-corrected chi connectivity index (χ2v) is 20.4. The van der Waals surface area contributed by atoms with E-state index in [1.807, 2.05) is 77.9 Å². The smallest absolute Gasteiger partial charge is 0.337 e. The summed E-state index contributed by atoms with van der Waals surface area (Å²) < 4.78 is 20.4. The van der Waals surface area contributed by atoms with Gasteiger partial charge in [-0.1, -0.05) is 71.2 Å². The highest BCUT2D eigenvalue weighted by atomic mass is 35.5. The molecule has 69 heavy (non-hydrogen) atoms. The van der Waals surface area contributed by atoms with Crippen LogP contribution in [0.2, 0.25) is 15.2 Å². The number of nitrogens with zero attached hydrogens (tertiary/aromatic N) is 4. The zero-order valence-corrected chi connectivity index (χ0v) is 42.4. The molecule has 0 spiro atoms. The summed E-state index contributed by atoms with van der Waals surface area (Å²) in [6, 6.07) is 24.9. The molecule has 362 valence electrons. The zero-order valence-electron chi connectivity index (χ0n) is 40.2. The first-order valence-corrected chi connectivity index (χ1v) is 23.8. The molecule has 8 rings (SSSR count). The van der Waals surface area contributed by atoms with Gasteiger partial charge in [0.15, 0.2) is 5.15 Å². The van der Waals surface area contributed by atoms with Gasteiger partial charge in [0.05, 0.1) is 70.6 Å². The van der Waals surface area contributed by atoms with Crippen molar-refractivity contribution < 1.29 is 38.1 Å². The minimum absolute atomic E-state index is 0.0618. The van der Waals surface area contributed by atoms with Gasteiger partial charge in [-0.3, -0.25) is 9.59 Å². The van der Waals surface area contributed by atoms with E-state index in [0.29, 0.717) is 61.3 Å². The molecule has 0 radical (unpaired) electrons. The van der Waals surface area contributed by atoms with Gasteiger partial charge in [0, 0.05) is 21.2 Å². The van der Waals surface area contributed by atoms with Crippen molar-refractivity contribution in [3.63, 3.8) is 0 Å². The Morgan fingerprint density at radius 1 is 0.594 bits per heavy atom. The standard InChI is InChI=1S/C27H29ClN2O4.C16H10Cl2N2O2.C11H18O2/c1-27(2,3)34-26(32)18-6-5-16(13-18)14-23-24(17-7-10-20(28)11-8-17)30-21-12-9-19(25(31)33-4)15-22(21)29-23;1-22-16(21)10-4-7-12-13(8-10)20-15(18)14(19-12)9-2-5-11(17)6-3-9;1-8-5-6-9(7-8)10(12)13-11(2,3)4/h7-12,15-16,18H,5-6,13-14H2,1-4H3;2-8H,1H3;9H,1,5-7H2,2-4H3. The predicted octanol–water partition coefficient (Wildman–Crippen LogP) is 13.1. The minimum atomic E-state index is -0.488. The quantitative estimate of drug-likeness (QED) is 0.0809. The van der Waals surface area contributed by atoms with Crippen LogP contribution in [0.4, 0.5) is 0 Å². The SMILES string of the molecule is C=C1CCC(C(=O)OC(C)(C)C)C1.COC(=O)c1ccc2nc(-c3ccc(Cl)cc3)c(CC3CCC(C(=O)OC(C)(C)C)C3)nc2c1.COC(=O)c1ccc2nc(-c3ccc(Cl)cc3)c(Cl)nc2c1. The first-order chi connectivity index (χ1) is 32.6. The third-order valence-corrected chi connectivity index (χ3v) is 12.1. The van der Waals surface area contributed by atoms with E-state index in [1.165, 1.54) is 19.8 Å². The maximum Gasteiger partial charge on any atom is 0.337 e. The number of esters is 4. The van der Waals surface area contributed by atoms with Crippen LogP contribution in [0.3, 0.4) is 0 Å². The van der Waals surface area contributed by atoms with E-state index >= 15 is 0 Å². The number of hydrogen-bond donors (Lipinski definition) is 0. The Kier molecular flexibility index (Phi) is 17.2. The summed E-state index contributed by atoms with van der Waals surface area (Å²) in [4.78, 5) is 66.3. The Morgan fingerprint density at radius 2 is 1.07 bits per heavy atom. The van der Waals surface area contributed by atoms with Crippen LogP contribution in [0, 0.1) is 17.8 Å². The summed E-state index contributed by atoms with van der Waals surface area (Å²) in [5.74, 6) is -0.774. The molecule has 3 atom stereocenters. The summed E-state index contributed by atoms with van der Waals surface area (Å²) in [6.07, 6.45) is 5.88. The van der Waals surface area contributed by atoms with Gasteiger partial charge in [0.25, 0.3) is 0 Å². The molecule has 2 aliphatic rings. The molecule has 0 saturated heterocycles. The fourth-order valence-electron chi connectivity index (χ4n) is 8.04. The molecule has 2 heterocycles. The van der Waals surface area contributed by atoms with Crippen molar-refractivity contribution in [2.45, 2.75) is 97.7 Å². The van der Waals surface area contributed by atoms with E-state index in [-0.39, 0.29) is 34.5 Å². The van der Waals surface area contributed by atoms with Gasteiger partial charge < -0.3 is 18.9 Å². The lowest BCUT2D eigenvalue weighted by Gasteiger charge is -2.22. The maximum absolute atomic E-state index is 12.6. The summed E-state index contributed by atoms with van der Waals surface area (Å²) in [5, 5.41) is 1.55. The van der Waals surface area contributed by atoms with Crippen LogP contribution >= 0.6 is 34.8 Å². The van der Waals surface area contributed by atoms with Crippen LogP contribution in [0.1, 0.15) is 106 Å². The van der Waals surface area contributed by atoms with Gasteiger partial charge in [0.1, 0.15) is 16.9 Å². The highest BCUT2D eigenvalue weighted by Crippen LogP contribution is 2.37. The molecule has 2 saturated carbocycles. The van der Waals surface area contributed by atoms with E-state index in [4.69, 9.17) is 59.0 Å². The van der Waals surface area contributed by atoms with Gasteiger partial charge in [-0.05, 0) is 153 Å². The first kappa shape index (κ1) is 52.4. The van der Waals surface area contributed by atoms with E-state index in [9.17, 15) is 19.2 Å². The van der Waals surface area contributed by atoms with Crippen LogP contribution in [0.15, 0.2) is 97.1 Å². The number of allylic oxidation sites excluding steroid dienone is 1. The van der Waals surface area contributed by atoms with Crippen molar-refractivity contribution >= 4 is 80.7 Å². The summed E-state index contributed by atoms with van der Waals surface area (Å²) in [7, 11) is 2.68. The molecule has 2 fully saturated rings. The van der Waals surface area contributed by atoms with E-state index in [1.54, 1.807) is 48.5 Å². The number of halogens is 3. The third-order valence-electron chi connectivity index (χ3n) is 11.3. The number of carbonyl (C=O) groups is 4. The minimum Gasteiger partial charge on any atom is -0.465 e. The molecule has 2 aliphatic carbocycles. The van der Waals surface area contributed by atoms with Gasteiger partial charge >= 0.3 is 23.9 Å². The van der Waals surface area contributed by atoms with Crippen molar-refractivity contribution in [1.29, 1.82) is 0 Å². The maximum atomic E-state index is 12.6. The second-order valence-electron chi connectivity index (χ2n) is 19.1. The average molecular weight is 996 g/mol. The zero-order chi connectivity index (χ0) is 50.2. The number of methoxy groups -OCH3 is 2. The Labute approximate surface area is 418 Å². The number of aromatic nitrogens is 4. The van der Waals surface area contributed by atoms with Crippen LogP contribution in [-0.4, -0.2) is 69.2 Å². The first-order valence-electron chi connectivity index (χ1n) is 22.7. The van der Waals surface area contributed by atoms with Crippen LogP contribution in [0.5, 0.6) is 0 Å². The van der Waals surface area contributed by atoms with Crippen molar-refractivity contribution in [2.24, 2.45) is 17.8 Å². The molecule has 0 aliphatic heterocycles. The van der Waals surface area contributed by atoms with Gasteiger partial charge in [-0.2, -0.15) is 0 Å². The second kappa shape index (κ2) is 22.6. The van der Waals surface area contributed by atoms with Crippen molar-refractivity contribution in [3.05, 3.63) is 129 Å². The molecule has 0 N–H and O–H groups in total. The Balaban J connectivity index is 0.000000190. The van der Waals surface area contributed by atoms with E-state index < -0.39 is 17.5 Å². The summed E-state index contributed by atoms with van der Waals surface area (Å²) >= 11 is 18.2. The van der Waals surface area contributed by atoms with Crippen LogP contribution in [0.25, 0.3) is 44.6 Å². The fourth-order valence-corrected chi connectivity index (χ4v) is 8.53. The molecule has 2 aromatic heterocycles. The molecular weight excluding hydrogens is 939 g/mol. The Morgan fingerprint density at radius 3 is 1.55 bits per heavy atom. The van der Waals surface area contributed by atoms with E-state index in [0.717, 1.165) is 61.0 Å². The Bertz CT molecular complexity index is 2860. The molecule has 6 aromatic rings. The number of fused-ring (bicyclic) bond motifs is 2. The lowest BCUT2D eigenvalue weighted by molar-refractivity contribution is -0.160. The van der Waals surface area contributed by atoms with Gasteiger partial charge in [-0.15, -0.1) is 0 Å². The number of carbonyl (C=O) groups excluding carboxylic acids is 4. The lowest BCUT2D eigenvalue weighted by atomic mass is 9.96. The highest BCUT2D eigenvalue weighted by molar-refractivity contribution is 6.32. The molecular formula is C54H57Cl3N4O8. The van der Waals surface area contributed by atoms with Crippen LogP contribution in [-0.2, 0) is 35.0 Å². The van der Waals surface area contributed by atoms with Crippen LogP contribution < -0.4 is 0 Å².